The van der Waals surface area contributed by atoms with E-state index in [1.807, 2.05) is 24.5 Å². The number of amides is 3. The van der Waals surface area contributed by atoms with E-state index in [9.17, 15) is 9.59 Å². The fraction of sp³-hybridized carbons (Fsp3) is 0.540. The molecule has 1 aliphatic heterocycles. The molecule has 0 bridgehead atoms. The molecule has 4 atom stereocenters. The molecule has 310 valence electrons. The van der Waals surface area contributed by atoms with Gasteiger partial charge in [0.05, 0.1) is 12.0 Å². The molecule has 2 saturated carbocycles. The van der Waals surface area contributed by atoms with Crippen LogP contribution < -0.4 is 21.3 Å². The summed E-state index contributed by atoms with van der Waals surface area (Å²) in [5.41, 5.74) is 3.35. The quantitative estimate of drug-likeness (QED) is 0.0959. The second-order valence-electron chi connectivity index (χ2n) is 18.4. The van der Waals surface area contributed by atoms with Crippen LogP contribution in [-0.2, 0) is 16.8 Å². The van der Waals surface area contributed by atoms with Crippen molar-refractivity contribution in [3.05, 3.63) is 126 Å². The van der Waals surface area contributed by atoms with Gasteiger partial charge in [-0.15, -0.1) is 0 Å². The van der Waals surface area contributed by atoms with Gasteiger partial charge in [0.1, 0.15) is 11.6 Å². The van der Waals surface area contributed by atoms with Gasteiger partial charge in [-0.05, 0) is 85.4 Å². The molecule has 4 N–H and O–H groups in total. The van der Waals surface area contributed by atoms with Crippen LogP contribution in [0.15, 0.2) is 104 Å². The summed E-state index contributed by atoms with van der Waals surface area (Å²) in [4.78, 5) is 33.9. The Balaban J connectivity index is 1.21. The molecule has 2 aliphatic carbocycles. The highest BCUT2D eigenvalue weighted by Crippen LogP contribution is 2.43. The number of urea groups is 1. The number of nitrogens with zero attached hydrogens (tertiary/aromatic N) is 2. The van der Waals surface area contributed by atoms with Crippen molar-refractivity contribution >= 4 is 11.9 Å². The third kappa shape index (κ3) is 9.07. The topological polar surface area (TPSA) is 100 Å². The van der Waals surface area contributed by atoms with Gasteiger partial charge in [-0.25, -0.2) is 9.78 Å². The van der Waals surface area contributed by atoms with Crippen molar-refractivity contribution in [3.8, 4) is 0 Å². The average molecular weight is 785 g/mol. The predicted octanol–water partition coefficient (Wildman–Crippen LogP) is 9.24. The summed E-state index contributed by atoms with van der Waals surface area (Å²) in [5, 5.41) is 13.9. The standard InChI is InChI=1S/C50H68N6O2/c1-36(2)42-26-19-27-43(37(3)4)46(42)55-48(58)54-44(47(57)52-34-49(29-16-8-17-30-49)45-28-15-18-31-51-45)32-41-33-56(35-53-41)50(38-20-9-5-10-21-38,39-22-11-6-12-23-39)40-24-13-7-14-25-40/h5-7,9-14,20-25,33,35-37,42-46,51H,8,15-19,26-32,34H2,1-4H3,(H,52,57)(H2,54,55,58). The Morgan fingerprint density at radius 2 is 1.33 bits per heavy atom. The minimum atomic E-state index is -0.804. The van der Waals surface area contributed by atoms with Gasteiger partial charge < -0.3 is 25.8 Å². The molecule has 3 aromatic carbocycles. The normalized spacial score (nSPS) is 22.9. The highest BCUT2D eigenvalue weighted by atomic mass is 16.2. The van der Waals surface area contributed by atoms with Gasteiger partial charge in [0.2, 0.25) is 5.91 Å². The third-order valence-electron chi connectivity index (χ3n) is 14.2. The number of hydrogen-bond donors (Lipinski definition) is 4. The molecule has 8 heteroatoms. The number of hydrogen-bond acceptors (Lipinski definition) is 4. The predicted molar refractivity (Wildman–Crippen MR) is 234 cm³/mol. The fourth-order valence-corrected chi connectivity index (χ4v) is 11.0. The van der Waals surface area contributed by atoms with E-state index in [1.165, 1.54) is 38.5 Å². The Labute approximate surface area is 347 Å². The van der Waals surface area contributed by atoms with Crippen molar-refractivity contribution in [2.24, 2.45) is 29.1 Å². The summed E-state index contributed by atoms with van der Waals surface area (Å²) in [6, 6.07) is 31.0. The SMILES string of the molecule is CC(C)C1CCCC(C(C)C)C1NC(=O)NC(Cc1cn(C(c2ccccc2)(c2ccccc2)c2ccccc2)cn1)C(=O)NCC1(C2CCCCN2)CCCCC1. The minimum absolute atomic E-state index is 0.0282. The number of imidazole rings is 1. The van der Waals surface area contributed by atoms with Gasteiger partial charge in [-0.1, -0.05) is 151 Å². The molecule has 4 aromatic rings. The van der Waals surface area contributed by atoms with Crippen molar-refractivity contribution in [2.75, 3.05) is 13.1 Å². The first-order chi connectivity index (χ1) is 28.2. The molecule has 2 heterocycles. The van der Waals surface area contributed by atoms with Crippen molar-refractivity contribution in [3.63, 3.8) is 0 Å². The molecular formula is C50H68N6O2. The zero-order valence-electron chi connectivity index (χ0n) is 35.5. The number of rotatable bonds is 14. The van der Waals surface area contributed by atoms with Gasteiger partial charge in [0.25, 0.3) is 0 Å². The van der Waals surface area contributed by atoms with E-state index in [2.05, 4.69) is 133 Å². The molecule has 4 unspecified atom stereocenters. The lowest BCUT2D eigenvalue weighted by molar-refractivity contribution is -0.123. The highest BCUT2D eigenvalue weighted by molar-refractivity contribution is 5.87. The summed E-state index contributed by atoms with van der Waals surface area (Å²) >= 11 is 0. The van der Waals surface area contributed by atoms with Crippen LogP contribution in [0.2, 0.25) is 0 Å². The summed E-state index contributed by atoms with van der Waals surface area (Å²) < 4.78 is 2.19. The zero-order valence-corrected chi connectivity index (χ0v) is 35.5. The number of aromatic nitrogens is 2. The molecular weight excluding hydrogens is 717 g/mol. The lowest BCUT2D eigenvalue weighted by Crippen LogP contribution is -2.59. The molecule has 8 nitrogen and oxygen atoms in total. The van der Waals surface area contributed by atoms with Gasteiger partial charge in [-0.2, -0.15) is 0 Å². The first kappa shape index (κ1) is 41.7. The second kappa shape index (κ2) is 19.1. The molecule has 3 amide bonds. The van der Waals surface area contributed by atoms with Gasteiger partial charge in [-0.3, -0.25) is 4.79 Å². The molecule has 1 saturated heterocycles. The van der Waals surface area contributed by atoms with Crippen LogP contribution in [0.25, 0.3) is 0 Å². The van der Waals surface area contributed by atoms with E-state index >= 15 is 0 Å². The van der Waals surface area contributed by atoms with Crippen LogP contribution in [0.4, 0.5) is 4.79 Å². The Hall–Kier alpha value is -4.43. The molecule has 0 radical (unpaired) electrons. The maximum Gasteiger partial charge on any atom is 0.315 e. The van der Waals surface area contributed by atoms with Crippen LogP contribution in [0, 0.1) is 29.1 Å². The monoisotopic (exact) mass is 785 g/mol. The van der Waals surface area contributed by atoms with Crippen LogP contribution in [0.3, 0.4) is 0 Å². The van der Waals surface area contributed by atoms with Crippen LogP contribution in [0.5, 0.6) is 0 Å². The molecule has 58 heavy (non-hydrogen) atoms. The average Bonchev–Trinajstić information content (AvgIpc) is 3.73. The lowest BCUT2D eigenvalue weighted by Gasteiger charge is -2.46. The minimum Gasteiger partial charge on any atom is -0.354 e. The van der Waals surface area contributed by atoms with E-state index in [0.717, 1.165) is 61.0 Å². The summed E-state index contributed by atoms with van der Waals surface area (Å²) in [6.45, 7) is 10.7. The van der Waals surface area contributed by atoms with Crippen LogP contribution >= 0.6 is 0 Å². The van der Waals surface area contributed by atoms with Gasteiger partial charge in [0, 0.05) is 36.7 Å². The smallest absolute Gasteiger partial charge is 0.315 e. The Morgan fingerprint density at radius 3 is 1.84 bits per heavy atom. The Morgan fingerprint density at radius 1 is 0.759 bits per heavy atom. The molecule has 1 aromatic heterocycles. The summed E-state index contributed by atoms with van der Waals surface area (Å²) in [7, 11) is 0. The van der Waals surface area contributed by atoms with Crippen molar-refractivity contribution in [1.29, 1.82) is 0 Å². The molecule has 0 spiro atoms. The van der Waals surface area contributed by atoms with Gasteiger partial charge >= 0.3 is 6.03 Å². The summed E-state index contributed by atoms with van der Waals surface area (Å²) in [5.74, 6) is 1.55. The zero-order chi connectivity index (χ0) is 40.5. The second-order valence-corrected chi connectivity index (χ2v) is 18.4. The third-order valence-corrected chi connectivity index (χ3v) is 14.2. The Bertz CT molecular complexity index is 1770. The maximum atomic E-state index is 14.6. The highest BCUT2D eigenvalue weighted by Gasteiger charge is 2.42. The number of carbonyl (C=O) groups excluding carboxylic acids is 2. The number of benzene rings is 3. The van der Waals surface area contributed by atoms with Crippen molar-refractivity contribution < 1.29 is 9.59 Å². The lowest BCUT2D eigenvalue weighted by atomic mass is 9.67. The van der Waals surface area contributed by atoms with E-state index in [4.69, 9.17) is 4.98 Å². The Kier molecular flexibility index (Phi) is 13.7. The van der Waals surface area contributed by atoms with Crippen LogP contribution in [-0.4, -0.2) is 52.7 Å². The summed E-state index contributed by atoms with van der Waals surface area (Å²) in [6.07, 6.45) is 17.1. The fourth-order valence-electron chi connectivity index (χ4n) is 11.0. The number of piperidine rings is 1. The van der Waals surface area contributed by atoms with E-state index < -0.39 is 11.6 Å². The number of nitrogens with one attached hydrogen (secondary N) is 4. The largest absolute Gasteiger partial charge is 0.354 e. The van der Waals surface area contributed by atoms with E-state index in [-0.39, 0.29) is 29.8 Å². The van der Waals surface area contributed by atoms with E-state index in [0.29, 0.717) is 36.3 Å². The molecule has 7 rings (SSSR count). The molecule has 3 fully saturated rings. The van der Waals surface area contributed by atoms with Crippen molar-refractivity contribution in [2.45, 2.75) is 128 Å². The van der Waals surface area contributed by atoms with Gasteiger partial charge in [0.15, 0.2) is 0 Å². The van der Waals surface area contributed by atoms with Crippen LogP contribution in [0.1, 0.15) is 121 Å². The first-order valence-electron chi connectivity index (χ1n) is 22.5. The first-order valence-corrected chi connectivity index (χ1v) is 22.5. The number of carbonyl (C=O) groups is 2. The van der Waals surface area contributed by atoms with Crippen molar-refractivity contribution in [1.82, 2.24) is 30.8 Å². The maximum absolute atomic E-state index is 14.6. The van der Waals surface area contributed by atoms with E-state index in [1.54, 1.807) is 0 Å². The molecule has 3 aliphatic rings.